The van der Waals surface area contributed by atoms with E-state index in [9.17, 15) is 0 Å². The largest absolute Gasteiger partial charge is 0.489 e. The van der Waals surface area contributed by atoms with Gasteiger partial charge < -0.3 is 10.5 Å². The molecule has 2 N–H and O–H groups in total. The highest BCUT2D eigenvalue weighted by Crippen LogP contribution is 2.28. The van der Waals surface area contributed by atoms with Crippen molar-refractivity contribution in [2.24, 2.45) is 5.73 Å². The molecule has 3 nitrogen and oxygen atoms in total. The number of nitrogens with two attached hydrogens (primary N) is 1. The van der Waals surface area contributed by atoms with Crippen LogP contribution in [0.4, 0.5) is 0 Å². The molecule has 1 unspecified atom stereocenters. The fourth-order valence-electron chi connectivity index (χ4n) is 2.09. The quantitative estimate of drug-likeness (QED) is 0.902. The predicted octanol–water partition coefficient (Wildman–Crippen LogP) is 4.23. The zero-order valence-corrected chi connectivity index (χ0v) is 13.6. The van der Waals surface area contributed by atoms with Gasteiger partial charge in [-0.3, -0.25) is 0 Å². The zero-order chi connectivity index (χ0) is 15.4. The van der Waals surface area contributed by atoms with Gasteiger partial charge in [0.25, 0.3) is 0 Å². The van der Waals surface area contributed by atoms with Gasteiger partial charge in [0.2, 0.25) is 0 Å². The summed E-state index contributed by atoms with van der Waals surface area (Å²) in [6.07, 6.45) is 0. The van der Waals surface area contributed by atoms with Crippen LogP contribution in [0.1, 0.15) is 35.2 Å². The average Bonchev–Trinajstić information content (AvgIpc) is 2.45. The summed E-state index contributed by atoms with van der Waals surface area (Å²) >= 11 is 3.45. The summed E-state index contributed by atoms with van der Waals surface area (Å²) in [6, 6.07) is 13.5. The van der Waals surface area contributed by atoms with Gasteiger partial charge in [0, 0.05) is 16.1 Å². The van der Waals surface area contributed by atoms with Crippen LogP contribution < -0.4 is 10.5 Å². The van der Waals surface area contributed by atoms with Crippen molar-refractivity contribution in [1.82, 2.24) is 0 Å². The van der Waals surface area contributed by atoms with Crippen LogP contribution in [0.2, 0.25) is 0 Å². The highest BCUT2D eigenvalue weighted by Gasteiger charge is 2.10. The minimum atomic E-state index is -0.0878. The van der Waals surface area contributed by atoms with Crippen molar-refractivity contribution in [3.63, 3.8) is 0 Å². The highest BCUT2D eigenvalue weighted by molar-refractivity contribution is 9.10. The Morgan fingerprint density at radius 2 is 2.05 bits per heavy atom. The molecule has 0 spiro atoms. The summed E-state index contributed by atoms with van der Waals surface area (Å²) in [5, 5.41) is 8.89. The molecule has 0 aliphatic rings. The van der Waals surface area contributed by atoms with Gasteiger partial charge in [0.1, 0.15) is 12.4 Å². The molecule has 2 aromatic carbocycles. The first-order valence-corrected chi connectivity index (χ1v) is 7.48. The number of ether oxygens (including phenoxy) is 1. The fourth-order valence-corrected chi connectivity index (χ4v) is 2.43. The van der Waals surface area contributed by atoms with E-state index in [4.69, 9.17) is 15.7 Å². The highest BCUT2D eigenvalue weighted by atomic mass is 79.9. The average molecular weight is 345 g/mol. The number of benzene rings is 2. The molecule has 0 aliphatic carbocycles. The van der Waals surface area contributed by atoms with Crippen LogP contribution in [0.5, 0.6) is 5.75 Å². The SMILES string of the molecule is Cc1cc(C#N)ccc1COc1cc(Br)ccc1C(C)N. The predicted molar refractivity (Wildman–Crippen MR) is 87.0 cm³/mol. The lowest BCUT2D eigenvalue weighted by atomic mass is 10.1. The zero-order valence-electron chi connectivity index (χ0n) is 12.1. The summed E-state index contributed by atoms with van der Waals surface area (Å²) in [6.45, 7) is 4.36. The number of rotatable bonds is 4. The van der Waals surface area contributed by atoms with Gasteiger partial charge in [-0.25, -0.2) is 0 Å². The van der Waals surface area contributed by atoms with E-state index in [0.717, 1.165) is 26.9 Å². The van der Waals surface area contributed by atoms with E-state index < -0.39 is 0 Å². The molecule has 4 heteroatoms. The van der Waals surface area contributed by atoms with Crippen molar-refractivity contribution < 1.29 is 4.74 Å². The normalized spacial score (nSPS) is 11.8. The van der Waals surface area contributed by atoms with E-state index in [1.165, 1.54) is 0 Å². The molecule has 108 valence electrons. The topological polar surface area (TPSA) is 59.0 Å². The van der Waals surface area contributed by atoms with Crippen molar-refractivity contribution in [2.75, 3.05) is 0 Å². The fraction of sp³-hybridized carbons (Fsp3) is 0.235. The maximum Gasteiger partial charge on any atom is 0.125 e. The molecule has 0 bridgehead atoms. The maximum absolute atomic E-state index is 8.89. The van der Waals surface area contributed by atoms with Gasteiger partial charge in [0.05, 0.1) is 11.6 Å². The Kier molecular flexibility index (Phi) is 5.00. The molecule has 2 rings (SSSR count). The molecule has 0 saturated heterocycles. The van der Waals surface area contributed by atoms with E-state index in [0.29, 0.717) is 12.2 Å². The lowest BCUT2D eigenvalue weighted by Crippen LogP contribution is -2.08. The molecular formula is C17H17BrN2O. The first-order chi connectivity index (χ1) is 10.0. The monoisotopic (exact) mass is 344 g/mol. The van der Waals surface area contributed by atoms with Crippen LogP contribution in [0.15, 0.2) is 40.9 Å². The molecule has 0 amide bonds. The van der Waals surface area contributed by atoms with Gasteiger partial charge in [-0.15, -0.1) is 0 Å². The summed E-state index contributed by atoms with van der Waals surface area (Å²) < 4.78 is 6.88. The molecule has 0 aliphatic heterocycles. The van der Waals surface area contributed by atoms with E-state index in [-0.39, 0.29) is 6.04 Å². The van der Waals surface area contributed by atoms with Gasteiger partial charge in [-0.1, -0.05) is 28.1 Å². The summed E-state index contributed by atoms with van der Waals surface area (Å²) in [4.78, 5) is 0. The minimum Gasteiger partial charge on any atom is -0.489 e. The van der Waals surface area contributed by atoms with Crippen LogP contribution in [0.3, 0.4) is 0 Å². The van der Waals surface area contributed by atoms with Crippen molar-refractivity contribution in [3.8, 4) is 11.8 Å². The van der Waals surface area contributed by atoms with Crippen molar-refractivity contribution >= 4 is 15.9 Å². The molecule has 0 fully saturated rings. The second-order valence-corrected chi connectivity index (χ2v) is 5.93. The molecule has 2 aromatic rings. The summed E-state index contributed by atoms with van der Waals surface area (Å²) in [5.41, 5.74) is 9.72. The lowest BCUT2D eigenvalue weighted by Gasteiger charge is -2.15. The summed E-state index contributed by atoms with van der Waals surface area (Å²) in [7, 11) is 0. The second-order valence-electron chi connectivity index (χ2n) is 5.01. The van der Waals surface area contributed by atoms with Crippen LogP contribution in [0.25, 0.3) is 0 Å². The first-order valence-electron chi connectivity index (χ1n) is 6.68. The summed E-state index contributed by atoms with van der Waals surface area (Å²) in [5.74, 6) is 0.781. The van der Waals surface area contributed by atoms with Gasteiger partial charge in [-0.2, -0.15) is 5.26 Å². The van der Waals surface area contributed by atoms with Gasteiger partial charge in [0.15, 0.2) is 0 Å². The minimum absolute atomic E-state index is 0.0878. The van der Waals surface area contributed by atoms with Gasteiger partial charge >= 0.3 is 0 Å². The van der Waals surface area contributed by atoms with Crippen LogP contribution in [-0.4, -0.2) is 0 Å². The Bertz CT molecular complexity index is 690. The number of nitriles is 1. The molecule has 0 heterocycles. The molecule has 0 radical (unpaired) electrons. The van der Waals surface area contributed by atoms with Crippen LogP contribution in [-0.2, 0) is 6.61 Å². The molecule has 1 atom stereocenters. The third kappa shape index (κ3) is 3.84. The Morgan fingerprint density at radius 1 is 1.29 bits per heavy atom. The number of halogens is 1. The van der Waals surface area contributed by atoms with E-state index in [1.54, 1.807) is 6.07 Å². The van der Waals surface area contributed by atoms with Crippen molar-refractivity contribution in [3.05, 3.63) is 63.1 Å². The Hall–Kier alpha value is -1.83. The Morgan fingerprint density at radius 3 is 2.67 bits per heavy atom. The van der Waals surface area contributed by atoms with E-state index >= 15 is 0 Å². The third-order valence-electron chi connectivity index (χ3n) is 3.32. The number of hydrogen-bond acceptors (Lipinski definition) is 3. The number of nitrogens with zero attached hydrogens (tertiary/aromatic N) is 1. The van der Waals surface area contributed by atoms with Gasteiger partial charge in [-0.05, 0) is 49.2 Å². The molecule has 0 saturated carbocycles. The molecular weight excluding hydrogens is 328 g/mol. The molecule has 0 aromatic heterocycles. The standard InChI is InChI=1S/C17H17BrN2O/c1-11-7-13(9-19)3-4-14(11)10-21-17-8-15(18)5-6-16(17)12(2)20/h3-8,12H,10,20H2,1-2H3. The number of hydrogen-bond donors (Lipinski definition) is 1. The second kappa shape index (κ2) is 6.75. The van der Waals surface area contributed by atoms with Crippen LogP contribution >= 0.6 is 15.9 Å². The Labute approximate surface area is 133 Å². The lowest BCUT2D eigenvalue weighted by molar-refractivity contribution is 0.300. The Balaban J connectivity index is 2.20. The van der Waals surface area contributed by atoms with E-state index in [1.807, 2.05) is 44.2 Å². The van der Waals surface area contributed by atoms with Crippen LogP contribution in [0, 0.1) is 18.3 Å². The number of aryl methyl sites for hydroxylation is 1. The van der Waals surface area contributed by atoms with E-state index in [2.05, 4.69) is 22.0 Å². The molecule has 21 heavy (non-hydrogen) atoms. The third-order valence-corrected chi connectivity index (χ3v) is 3.81. The first kappa shape index (κ1) is 15.6. The van der Waals surface area contributed by atoms with Crippen molar-refractivity contribution in [2.45, 2.75) is 26.5 Å². The maximum atomic E-state index is 8.89. The van der Waals surface area contributed by atoms with Crippen molar-refractivity contribution in [1.29, 1.82) is 5.26 Å². The smallest absolute Gasteiger partial charge is 0.125 e.